The molecular formula is C106H142O6. The molecule has 0 unspecified atom stereocenters. The lowest BCUT2D eigenvalue weighted by atomic mass is 10.0. The van der Waals surface area contributed by atoms with Crippen LogP contribution in [0.5, 0.6) is 34.5 Å². The van der Waals surface area contributed by atoms with Gasteiger partial charge in [-0.25, -0.2) is 0 Å². The molecule has 0 saturated heterocycles. The van der Waals surface area contributed by atoms with Gasteiger partial charge in [-0.05, 0) is 144 Å². The molecule has 6 nitrogen and oxygen atoms in total. The molecule has 0 radical (unpaired) electrons. The number of hydrogen-bond acceptors (Lipinski definition) is 6. The van der Waals surface area contributed by atoms with Crippen LogP contribution < -0.4 is 28.4 Å². The Morgan fingerprint density at radius 2 is 0.339 bits per heavy atom. The van der Waals surface area contributed by atoms with Crippen molar-refractivity contribution in [2.75, 3.05) is 39.6 Å². The van der Waals surface area contributed by atoms with Crippen LogP contribution in [0.1, 0.15) is 351 Å². The number of rotatable bonds is 62. The van der Waals surface area contributed by atoms with Crippen molar-refractivity contribution in [2.24, 2.45) is 0 Å². The van der Waals surface area contributed by atoms with Gasteiger partial charge in [0.2, 0.25) is 0 Å². The first kappa shape index (κ1) is 90.5. The van der Waals surface area contributed by atoms with Crippen LogP contribution in [0.25, 0.3) is 85.1 Å². The maximum Gasteiger partial charge on any atom is 0.127 e. The highest BCUT2D eigenvalue weighted by molar-refractivity contribution is 5.84. The molecule has 6 heteroatoms. The van der Waals surface area contributed by atoms with Gasteiger partial charge >= 0.3 is 0 Å². The van der Waals surface area contributed by atoms with Gasteiger partial charge < -0.3 is 28.4 Å². The fourth-order valence-electron chi connectivity index (χ4n) is 13.9. The fourth-order valence-corrected chi connectivity index (χ4v) is 13.9. The van der Waals surface area contributed by atoms with Gasteiger partial charge in [0, 0.05) is 33.4 Å². The summed E-state index contributed by atoms with van der Waals surface area (Å²) < 4.78 is 40.8. The first-order valence-corrected chi connectivity index (χ1v) is 44.3. The zero-order chi connectivity index (χ0) is 78.9. The molecule has 0 saturated carbocycles. The summed E-state index contributed by atoms with van der Waals surface area (Å²) in [5.41, 5.74) is 14.8. The zero-order valence-corrected chi connectivity index (χ0v) is 70.3. The van der Waals surface area contributed by atoms with Crippen LogP contribution in [0.4, 0.5) is 0 Å². The molecular weight excluding hydrogens is 1370 g/mol. The van der Waals surface area contributed by atoms with Crippen molar-refractivity contribution < 1.29 is 28.4 Å². The Labute approximate surface area is 680 Å². The maximum absolute atomic E-state index is 6.89. The molecule has 112 heavy (non-hydrogen) atoms. The molecule has 0 spiro atoms. The minimum Gasteiger partial charge on any atom is -0.493 e. The minimum atomic E-state index is 0.641. The molecule has 0 aliphatic heterocycles. The van der Waals surface area contributed by atoms with E-state index in [1.165, 1.54) is 154 Å². The van der Waals surface area contributed by atoms with Gasteiger partial charge in [0.25, 0.3) is 0 Å². The summed E-state index contributed by atoms with van der Waals surface area (Å²) in [6, 6.07) is 47.7. The van der Waals surface area contributed by atoms with Crippen LogP contribution in [0.3, 0.4) is 0 Å². The standard InChI is InChI=1S/C106H142O6/c1-9-17-23-29-35-41-71-107-101-83-97(103(109-73-43-37-31-25-19-11-3)81-95(101)65-59-89-53-47-51-87(15-7)77-89)67-61-91-55-49-57-93(79-91)63-69-99-85-106(112-76-46-40-34-28-22-14-6)100(86-105(99)111-75-45-39-33-27-21-13-5)70-64-94-58-50-56-92(80-94)62-68-98-84-102(108-72-42-36-30-24-18-10-2)96(66-60-90-54-48-52-88(16-8)78-90)82-104(98)110-74-44-38-32-26-20-12-4/h15-16,47-70,77-86H,7-14,17-46,71-76H2,1-6H3/b65-59+,66-60+,67-61+,68-62+,69-63+,70-64+. The van der Waals surface area contributed by atoms with Crippen LogP contribution >= 0.6 is 0 Å². The summed E-state index contributed by atoms with van der Waals surface area (Å²) in [6.45, 7) is 25.6. The van der Waals surface area contributed by atoms with Crippen LogP contribution in [-0.2, 0) is 0 Å². The lowest BCUT2D eigenvalue weighted by Crippen LogP contribution is -2.03. The second-order valence-corrected chi connectivity index (χ2v) is 30.6. The third-order valence-corrected chi connectivity index (χ3v) is 20.8. The minimum absolute atomic E-state index is 0.641. The number of unbranched alkanes of at least 4 members (excludes halogenated alkanes) is 30. The monoisotopic (exact) mass is 1510 g/mol. The first-order valence-electron chi connectivity index (χ1n) is 44.3. The predicted molar refractivity (Wildman–Crippen MR) is 492 cm³/mol. The quantitative estimate of drug-likeness (QED) is 0.0280. The highest BCUT2D eigenvalue weighted by Crippen LogP contribution is 2.37. The van der Waals surface area contributed by atoms with Gasteiger partial charge in [0.15, 0.2) is 0 Å². The molecule has 0 amide bonds. The smallest absolute Gasteiger partial charge is 0.127 e. The van der Waals surface area contributed by atoms with Crippen molar-refractivity contribution >= 4 is 85.1 Å². The van der Waals surface area contributed by atoms with Gasteiger partial charge in [-0.15, -0.1) is 0 Å². The Kier molecular flexibility index (Phi) is 46.3. The number of hydrogen-bond donors (Lipinski definition) is 0. The van der Waals surface area contributed by atoms with E-state index >= 15 is 0 Å². The molecule has 0 heterocycles. The largest absolute Gasteiger partial charge is 0.493 e. The van der Waals surface area contributed by atoms with E-state index in [1.807, 2.05) is 12.2 Å². The van der Waals surface area contributed by atoms with Gasteiger partial charge in [-0.2, -0.15) is 0 Å². The summed E-state index contributed by atoms with van der Waals surface area (Å²) >= 11 is 0. The van der Waals surface area contributed by atoms with Crippen molar-refractivity contribution in [1.29, 1.82) is 0 Å². The van der Waals surface area contributed by atoms with Gasteiger partial charge in [0.05, 0.1) is 39.6 Å². The average Bonchev–Trinajstić information content (AvgIpc) is 0.830. The Bertz CT molecular complexity index is 3690. The second kappa shape index (κ2) is 57.3. The summed E-state index contributed by atoms with van der Waals surface area (Å²) in [4.78, 5) is 0. The van der Waals surface area contributed by atoms with Crippen LogP contribution in [0, 0.1) is 0 Å². The molecule has 0 aromatic heterocycles. The zero-order valence-electron chi connectivity index (χ0n) is 70.3. The summed E-state index contributed by atoms with van der Waals surface area (Å²) in [6.07, 6.45) is 73.3. The van der Waals surface area contributed by atoms with Crippen LogP contribution in [0.2, 0.25) is 0 Å². The van der Waals surface area contributed by atoms with Crippen molar-refractivity contribution in [2.45, 2.75) is 273 Å². The predicted octanol–water partition coefficient (Wildman–Crippen LogP) is 32.4. The topological polar surface area (TPSA) is 55.4 Å². The SMILES string of the molecule is C=Cc1cccc(/C=C/c2cc(OCCCCCCCC)c(/C=C/c3cccc(/C=C/c4cc(OCCCCCCCC)c(/C=C/c5cccc(/C=C/c6cc(OCCCCCCCC)c(/C=C/c7cccc(C=C)c7)cc6OCCCCCCCC)c5)cc4OCCCCCCCC)c3)cc2OCCCCCCCC)c1. The lowest BCUT2D eigenvalue weighted by molar-refractivity contribution is 0.295. The van der Waals surface area contributed by atoms with E-state index in [0.717, 1.165) is 189 Å². The molecule has 7 aromatic carbocycles. The molecule has 7 aromatic rings. The summed E-state index contributed by atoms with van der Waals surface area (Å²) in [5, 5.41) is 0. The average molecular weight is 1510 g/mol. The Morgan fingerprint density at radius 1 is 0.188 bits per heavy atom. The van der Waals surface area contributed by atoms with Crippen molar-refractivity contribution in [3.63, 3.8) is 0 Å². The third kappa shape index (κ3) is 36.4. The molecule has 0 aliphatic rings. The van der Waals surface area contributed by atoms with E-state index in [-0.39, 0.29) is 0 Å². The highest BCUT2D eigenvalue weighted by Gasteiger charge is 2.16. The van der Waals surface area contributed by atoms with Crippen molar-refractivity contribution in [3.8, 4) is 34.5 Å². The molecule has 0 fully saturated rings. The number of benzene rings is 7. The maximum atomic E-state index is 6.89. The summed E-state index contributed by atoms with van der Waals surface area (Å²) in [5.74, 6) is 5.15. The molecule has 602 valence electrons. The molecule has 0 bridgehead atoms. The summed E-state index contributed by atoms with van der Waals surface area (Å²) in [7, 11) is 0. The van der Waals surface area contributed by atoms with Crippen molar-refractivity contribution in [3.05, 3.63) is 225 Å². The Hall–Kier alpha value is -8.74. The number of ether oxygens (including phenoxy) is 6. The van der Waals surface area contributed by atoms with E-state index in [9.17, 15) is 0 Å². The third-order valence-electron chi connectivity index (χ3n) is 20.8. The Morgan fingerprint density at radius 3 is 0.509 bits per heavy atom. The molecule has 0 N–H and O–H groups in total. The highest BCUT2D eigenvalue weighted by atomic mass is 16.5. The molecule has 7 rings (SSSR count). The van der Waals surface area contributed by atoms with E-state index in [4.69, 9.17) is 28.4 Å². The van der Waals surface area contributed by atoms with Gasteiger partial charge in [-0.1, -0.05) is 405 Å². The van der Waals surface area contributed by atoms with E-state index in [1.54, 1.807) is 0 Å². The van der Waals surface area contributed by atoms with Crippen LogP contribution in [0.15, 0.2) is 147 Å². The first-order chi connectivity index (χ1) is 55.3. The fraction of sp³-hybridized carbons (Fsp3) is 0.453. The van der Waals surface area contributed by atoms with E-state index in [0.29, 0.717) is 39.6 Å². The normalized spacial score (nSPS) is 11.8. The van der Waals surface area contributed by atoms with Crippen molar-refractivity contribution in [1.82, 2.24) is 0 Å². The Balaban J connectivity index is 1.22. The van der Waals surface area contributed by atoms with Gasteiger partial charge in [0.1, 0.15) is 34.5 Å². The van der Waals surface area contributed by atoms with E-state index in [2.05, 4.69) is 261 Å². The van der Waals surface area contributed by atoms with E-state index < -0.39 is 0 Å². The van der Waals surface area contributed by atoms with Crippen LogP contribution in [-0.4, -0.2) is 39.6 Å². The lowest BCUT2D eigenvalue weighted by Gasteiger charge is -2.16. The molecule has 0 aliphatic carbocycles. The second-order valence-electron chi connectivity index (χ2n) is 30.6. The molecule has 0 atom stereocenters. The van der Waals surface area contributed by atoms with Gasteiger partial charge in [-0.3, -0.25) is 0 Å².